The van der Waals surface area contributed by atoms with Crippen molar-refractivity contribution in [2.75, 3.05) is 20.2 Å². The van der Waals surface area contributed by atoms with Gasteiger partial charge >= 0.3 is 0 Å². The number of methoxy groups -OCH3 is 1. The van der Waals surface area contributed by atoms with E-state index in [9.17, 15) is 8.42 Å². The molecule has 0 saturated heterocycles. The predicted molar refractivity (Wildman–Crippen MR) is 82.0 cm³/mol. The number of rotatable bonds is 6. The van der Waals surface area contributed by atoms with Crippen LogP contribution in [0.2, 0.25) is 5.02 Å². The van der Waals surface area contributed by atoms with Gasteiger partial charge in [-0.3, -0.25) is 0 Å². The predicted octanol–water partition coefficient (Wildman–Crippen LogP) is 2.26. The zero-order valence-corrected chi connectivity index (χ0v) is 13.7. The summed E-state index contributed by atoms with van der Waals surface area (Å²) in [6, 6.07) is 1.60. The molecule has 0 radical (unpaired) electrons. The third kappa shape index (κ3) is 3.21. The molecule has 1 N–H and O–H groups in total. The molecular weight excluding hydrogens is 314 g/mol. The van der Waals surface area contributed by atoms with Crippen molar-refractivity contribution in [3.05, 3.63) is 23.5 Å². The highest BCUT2D eigenvalue weighted by Gasteiger charge is 2.27. The zero-order valence-electron chi connectivity index (χ0n) is 12.1. The van der Waals surface area contributed by atoms with Crippen molar-refractivity contribution in [1.29, 1.82) is 0 Å². The first-order valence-electron chi connectivity index (χ1n) is 6.55. The van der Waals surface area contributed by atoms with Crippen molar-refractivity contribution in [3.63, 3.8) is 0 Å². The van der Waals surface area contributed by atoms with E-state index in [1.165, 1.54) is 16.7 Å². The molecule has 0 aromatic carbocycles. The maximum Gasteiger partial charge on any atom is 0.245 e. The van der Waals surface area contributed by atoms with Crippen LogP contribution in [0.1, 0.15) is 13.8 Å². The number of halogens is 1. The summed E-state index contributed by atoms with van der Waals surface area (Å²) in [6.45, 7) is 4.26. The van der Waals surface area contributed by atoms with Gasteiger partial charge in [0.1, 0.15) is 10.5 Å². The van der Waals surface area contributed by atoms with Gasteiger partial charge in [-0.2, -0.15) is 4.31 Å². The number of hydrogen-bond acceptors (Lipinski definition) is 4. The highest BCUT2D eigenvalue weighted by Crippen LogP contribution is 2.26. The fourth-order valence-electron chi connectivity index (χ4n) is 2.06. The van der Waals surface area contributed by atoms with Gasteiger partial charge < -0.3 is 9.72 Å². The maximum atomic E-state index is 12.8. The third-order valence-electron chi connectivity index (χ3n) is 3.29. The minimum atomic E-state index is -3.63. The molecule has 0 bridgehead atoms. The van der Waals surface area contributed by atoms with Gasteiger partial charge in [-0.05, 0) is 13.0 Å². The molecule has 6 nitrogen and oxygen atoms in total. The molecule has 2 heterocycles. The average Bonchev–Trinajstić information content (AvgIpc) is 2.87. The maximum absolute atomic E-state index is 12.8. The first kappa shape index (κ1) is 16.2. The molecule has 0 amide bonds. The molecule has 0 fully saturated rings. The molecule has 0 aliphatic carbocycles. The van der Waals surface area contributed by atoms with E-state index in [4.69, 9.17) is 16.3 Å². The van der Waals surface area contributed by atoms with Crippen LogP contribution in [-0.2, 0) is 14.8 Å². The molecule has 1 unspecified atom stereocenters. The lowest BCUT2D eigenvalue weighted by Crippen LogP contribution is -2.37. The highest BCUT2D eigenvalue weighted by atomic mass is 35.5. The first-order chi connectivity index (χ1) is 9.90. The van der Waals surface area contributed by atoms with Crippen LogP contribution in [0.15, 0.2) is 23.4 Å². The number of aromatic nitrogens is 2. The van der Waals surface area contributed by atoms with Gasteiger partial charge in [0.05, 0.1) is 11.1 Å². The number of nitrogens with one attached hydrogen (secondary N) is 1. The summed E-state index contributed by atoms with van der Waals surface area (Å²) < 4.78 is 32.1. The number of sulfonamides is 1. The smallest absolute Gasteiger partial charge is 0.245 e. The van der Waals surface area contributed by atoms with Crippen LogP contribution >= 0.6 is 11.6 Å². The number of fused-ring (bicyclic) bond motifs is 1. The molecular formula is C13H18ClN3O3S. The number of ether oxygens (including phenoxy) is 1. The van der Waals surface area contributed by atoms with Crippen LogP contribution in [0.25, 0.3) is 11.0 Å². The third-order valence-corrected chi connectivity index (χ3v) is 5.48. The molecule has 0 saturated carbocycles. The standard InChI is InChI=1S/C13H18ClN3O3S/c1-4-17(8-9(2)20-3)21(18,19)12-7-16-13-11(12)5-10(14)6-15-13/h5-7,9H,4,8H2,1-3H3,(H,15,16). The highest BCUT2D eigenvalue weighted by molar-refractivity contribution is 7.89. The van der Waals surface area contributed by atoms with Crippen LogP contribution in [0.5, 0.6) is 0 Å². The van der Waals surface area contributed by atoms with Gasteiger partial charge in [0, 0.05) is 38.0 Å². The van der Waals surface area contributed by atoms with Crippen molar-refractivity contribution in [3.8, 4) is 0 Å². The minimum Gasteiger partial charge on any atom is -0.380 e. The summed E-state index contributed by atoms with van der Waals surface area (Å²) in [7, 11) is -2.08. The monoisotopic (exact) mass is 331 g/mol. The second kappa shape index (κ2) is 6.31. The molecule has 0 aliphatic rings. The van der Waals surface area contributed by atoms with E-state index in [1.54, 1.807) is 20.1 Å². The topological polar surface area (TPSA) is 75.3 Å². The molecule has 0 spiro atoms. The Kier molecular flexibility index (Phi) is 4.88. The van der Waals surface area contributed by atoms with E-state index < -0.39 is 10.0 Å². The second-order valence-electron chi connectivity index (χ2n) is 4.70. The zero-order chi connectivity index (χ0) is 15.6. The van der Waals surface area contributed by atoms with Crippen molar-refractivity contribution in [2.45, 2.75) is 24.8 Å². The number of hydrogen-bond donors (Lipinski definition) is 1. The molecule has 2 aromatic heterocycles. The lowest BCUT2D eigenvalue weighted by atomic mass is 10.3. The Hall–Kier alpha value is -1.15. The molecule has 2 aromatic rings. The molecule has 2 rings (SSSR count). The van der Waals surface area contributed by atoms with E-state index >= 15 is 0 Å². The Bertz CT molecular complexity index is 729. The molecule has 1 atom stereocenters. The van der Waals surface area contributed by atoms with Gasteiger partial charge in [0.15, 0.2) is 0 Å². The van der Waals surface area contributed by atoms with E-state index in [2.05, 4.69) is 9.97 Å². The fraction of sp³-hybridized carbons (Fsp3) is 0.462. The first-order valence-corrected chi connectivity index (χ1v) is 8.37. The van der Waals surface area contributed by atoms with E-state index in [-0.39, 0.29) is 17.5 Å². The van der Waals surface area contributed by atoms with Crippen LogP contribution in [0, 0.1) is 0 Å². The van der Waals surface area contributed by atoms with Gasteiger partial charge in [-0.1, -0.05) is 18.5 Å². The van der Waals surface area contributed by atoms with Gasteiger partial charge in [0.25, 0.3) is 0 Å². The summed E-state index contributed by atoms with van der Waals surface area (Å²) in [5.74, 6) is 0. The van der Waals surface area contributed by atoms with Crippen LogP contribution in [0.3, 0.4) is 0 Å². The molecule has 21 heavy (non-hydrogen) atoms. The van der Waals surface area contributed by atoms with Crippen molar-refractivity contribution < 1.29 is 13.2 Å². The molecule has 0 aliphatic heterocycles. The van der Waals surface area contributed by atoms with Gasteiger partial charge in [-0.15, -0.1) is 0 Å². The van der Waals surface area contributed by atoms with Crippen LogP contribution in [0.4, 0.5) is 0 Å². The second-order valence-corrected chi connectivity index (χ2v) is 7.05. The largest absolute Gasteiger partial charge is 0.380 e. The Morgan fingerprint density at radius 1 is 1.52 bits per heavy atom. The number of H-pyrrole nitrogens is 1. The fourth-order valence-corrected chi connectivity index (χ4v) is 3.89. The number of aromatic amines is 1. The summed E-state index contributed by atoms with van der Waals surface area (Å²) >= 11 is 5.91. The van der Waals surface area contributed by atoms with E-state index in [0.717, 1.165) is 0 Å². The van der Waals surface area contributed by atoms with Gasteiger partial charge in [0.2, 0.25) is 10.0 Å². The minimum absolute atomic E-state index is 0.178. The summed E-state index contributed by atoms with van der Waals surface area (Å²) in [5, 5.41) is 0.887. The summed E-state index contributed by atoms with van der Waals surface area (Å²) in [6.07, 6.45) is 2.73. The van der Waals surface area contributed by atoms with Crippen LogP contribution in [-0.4, -0.2) is 49.0 Å². The van der Waals surface area contributed by atoms with Crippen molar-refractivity contribution in [2.24, 2.45) is 0 Å². The lowest BCUT2D eigenvalue weighted by Gasteiger charge is -2.23. The summed E-state index contributed by atoms with van der Waals surface area (Å²) in [5.41, 5.74) is 0.494. The number of pyridine rings is 1. The molecule has 116 valence electrons. The normalized spacial score (nSPS) is 14.0. The van der Waals surface area contributed by atoms with E-state index in [1.807, 2.05) is 6.92 Å². The Balaban J connectivity index is 2.47. The van der Waals surface area contributed by atoms with Crippen molar-refractivity contribution in [1.82, 2.24) is 14.3 Å². The van der Waals surface area contributed by atoms with Crippen LogP contribution < -0.4 is 0 Å². The average molecular weight is 332 g/mol. The SMILES string of the molecule is CCN(CC(C)OC)S(=O)(=O)c1c[nH]c2ncc(Cl)cc12. The summed E-state index contributed by atoms with van der Waals surface area (Å²) in [4.78, 5) is 7.12. The Morgan fingerprint density at radius 2 is 2.24 bits per heavy atom. The molecule has 8 heteroatoms. The number of likely N-dealkylation sites (N-methyl/N-ethyl adjacent to an activating group) is 1. The Morgan fingerprint density at radius 3 is 2.86 bits per heavy atom. The van der Waals surface area contributed by atoms with E-state index in [0.29, 0.717) is 22.6 Å². The van der Waals surface area contributed by atoms with Gasteiger partial charge in [-0.25, -0.2) is 13.4 Å². The number of nitrogens with zero attached hydrogens (tertiary/aromatic N) is 2. The van der Waals surface area contributed by atoms with Crippen molar-refractivity contribution >= 4 is 32.7 Å². The lowest BCUT2D eigenvalue weighted by molar-refractivity contribution is 0.100. The quantitative estimate of drug-likeness (QED) is 0.881. The Labute approximate surface area is 129 Å².